The molecule has 1 aromatic rings. The molecule has 0 aromatic carbocycles. The highest BCUT2D eigenvalue weighted by Crippen LogP contribution is 2.31. The lowest BCUT2D eigenvalue weighted by molar-refractivity contribution is 0.285. The molecule has 102 valence electrons. The molecule has 0 amide bonds. The van der Waals surface area contributed by atoms with E-state index in [-0.39, 0.29) is 6.61 Å². The van der Waals surface area contributed by atoms with Crippen LogP contribution >= 0.6 is 11.3 Å². The molecule has 1 aromatic heterocycles. The van der Waals surface area contributed by atoms with Crippen LogP contribution in [0.5, 0.6) is 0 Å². The van der Waals surface area contributed by atoms with Gasteiger partial charge in [-0.15, -0.1) is 0 Å². The van der Waals surface area contributed by atoms with Gasteiger partial charge in [0.15, 0.2) is 5.13 Å². The molecule has 18 heavy (non-hydrogen) atoms. The highest BCUT2D eigenvalue weighted by atomic mass is 32.1. The summed E-state index contributed by atoms with van der Waals surface area (Å²) in [4.78, 5) is 7.95. The Morgan fingerprint density at radius 1 is 1.44 bits per heavy atom. The number of aliphatic hydroxyl groups is 1. The summed E-state index contributed by atoms with van der Waals surface area (Å²) in [7, 11) is 0. The van der Waals surface area contributed by atoms with Crippen molar-refractivity contribution in [3.8, 4) is 0 Å². The summed E-state index contributed by atoms with van der Waals surface area (Å²) in [6, 6.07) is 0.668. The molecule has 0 radical (unpaired) electrons. The topological polar surface area (TPSA) is 36.4 Å². The van der Waals surface area contributed by atoms with Crippen LogP contribution in [0.1, 0.15) is 50.8 Å². The third-order valence-corrected chi connectivity index (χ3v) is 4.67. The maximum atomic E-state index is 9.17. The second-order valence-corrected chi connectivity index (χ2v) is 6.68. The summed E-state index contributed by atoms with van der Waals surface area (Å²) < 4.78 is 0. The smallest absolute Gasteiger partial charge is 0.185 e. The molecule has 3 nitrogen and oxygen atoms in total. The maximum absolute atomic E-state index is 9.17. The molecule has 0 saturated heterocycles. The summed E-state index contributed by atoms with van der Waals surface area (Å²) >= 11 is 1.64. The van der Waals surface area contributed by atoms with E-state index in [2.05, 4.69) is 23.7 Å². The number of hydrogen-bond donors (Lipinski definition) is 1. The van der Waals surface area contributed by atoms with E-state index in [0.29, 0.717) is 6.04 Å². The number of thiazole rings is 1. The Kier molecular flexibility index (Phi) is 5.01. The van der Waals surface area contributed by atoms with Crippen molar-refractivity contribution in [2.45, 2.75) is 58.6 Å². The fraction of sp³-hybridized carbons (Fsp3) is 0.786. The second kappa shape index (κ2) is 6.53. The van der Waals surface area contributed by atoms with Crippen LogP contribution in [0.25, 0.3) is 0 Å². The van der Waals surface area contributed by atoms with Crippen molar-refractivity contribution in [3.05, 3.63) is 11.1 Å². The monoisotopic (exact) mass is 268 g/mol. The standard InChI is InChI=1S/C14H24N2OS/c1-11(2)7-8-16(12-5-3-4-6-12)14-15-9-13(10-17)18-14/h9,11-12,17H,3-8,10H2,1-2H3. The van der Waals surface area contributed by atoms with Crippen LogP contribution in [0.3, 0.4) is 0 Å². The Balaban J connectivity index is 2.07. The van der Waals surface area contributed by atoms with E-state index in [1.807, 2.05) is 6.20 Å². The lowest BCUT2D eigenvalue weighted by atomic mass is 10.1. The van der Waals surface area contributed by atoms with E-state index in [0.717, 1.165) is 22.5 Å². The first-order valence-electron chi connectivity index (χ1n) is 7.03. The molecule has 0 spiro atoms. The zero-order chi connectivity index (χ0) is 13.0. The molecule has 0 unspecified atom stereocenters. The first kappa shape index (κ1) is 13.8. The van der Waals surface area contributed by atoms with Gasteiger partial charge in [-0.2, -0.15) is 0 Å². The highest BCUT2D eigenvalue weighted by molar-refractivity contribution is 7.15. The molecular formula is C14H24N2OS. The molecule has 1 aliphatic carbocycles. The predicted molar refractivity (Wildman–Crippen MR) is 77.1 cm³/mol. The molecule has 1 heterocycles. The molecule has 1 aliphatic rings. The van der Waals surface area contributed by atoms with E-state index in [9.17, 15) is 0 Å². The lowest BCUT2D eigenvalue weighted by Crippen LogP contribution is -2.34. The zero-order valence-corrected chi connectivity index (χ0v) is 12.2. The second-order valence-electron chi connectivity index (χ2n) is 5.58. The Bertz CT molecular complexity index is 358. The number of aromatic nitrogens is 1. The summed E-state index contributed by atoms with van der Waals surface area (Å²) in [5.41, 5.74) is 0. The van der Waals surface area contributed by atoms with E-state index in [1.54, 1.807) is 11.3 Å². The van der Waals surface area contributed by atoms with E-state index >= 15 is 0 Å². The van der Waals surface area contributed by atoms with Crippen molar-refractivity contribution in [2.75, 3.05) is 11.4 Å². The van der Waals surface area contributed by atoms with Crippen molar-refractivity contribution < 1.29 is 5.11 Å². The molecular weight excluding hydrogens is 244 g/mol. The van der Waals surface area contributed by atoms with Gasteiger partial charge in [-0.05, 0) is 25.2 Å². The largest absolute Gasteiger partial charge is 0.391 e. The Hall–Kier alpha value is -0.610. The minimum Gasteiger partial charge on any atom is -0.391 e. The number of anilines is 1. The molecule has 0 aliphatic heterocycles. The van der Waals surface area contributed by atoms with E-state index in [1.165, 1.54) is 32.1 Å². The fourth-order valence-corrected chi connectivity index (χ4v) is 3.42. The van der Waals surface area contributed by atoms with Gasteiger partial charge in [0.25, 0.3) is 0 Å². The van der Waals surface area contributed by atoms with Crippen molar-refractivity contribution in [1.29, 1.82) is 0 Å². The van der Waals surface area contributed by atoms with Crippen LogP contribution in [0.15, 0.2) is 6.20 Å². The SMILES string of the molecule is CC(C)CCN(c1ncc(CO)s1)C1CCCC1. The van der Waals surface area contributed by atoms with Crippen molar-refractivity contribution >= 4 is 16.5 Å². The number of nitrogens with zero attached hydrogens (tertiary/aromatic N) is 2. The van der Waals surface area contributed by atoms with Crippen molar-refractivity contribution in [3.63, 3.8) is 0 Å². The molecule has 0 bridgehead atoms. The average Bonchev–Trinajstić information content (AvgIpc) is 2.99. The first-order chi connectivity index (χ1) is 8.70. The zero-order valence-electron chi connectivity index (χ0n) is 11.4. The first-order valence-corrected chi connectivity index (χ1v) is 7.84. The van der Waals surface area contributed by atoms with Gasteiger partial charge >= 0.3 is 0 Å². The van der Waals surface area contributed by atoms with Crippen molar-refractivity contribution in [2.24, 2.45) is 5.92 Å². The number of hydrogen-bond acceptors (Lipinski definition) is 4. The van der Waals surface area contributed by atoms with Gasteiger partial charge in [-0.3, -0.25) is 0 Å². The Morgan fingerprint density at radius 2 is 2.17 bits per heavy atom. The molecule has 1 saturated carbocycles. The van der Waals surface area contributed by atoms with E-state index < -0.39 is 0 Å². The normalized spacial score (nSPS) is 16.7. The average molecular weight is 268 g/mol. The summed E-state index contributed by atoms with van der Waals surface area (Å²) in [5, 5.41) is 10.3. The lowest BCUT2D eigenvalue weighted by Gasteiger charge is -2.29. The van der Waals surface area contributed by atoms with Gasteiger partial charge in [0.2, 0.25) is 0 Å². The summed E-state index contributed by atoms with van der Waals surface area (Å²) in [6.07, 6.45) is 8.32. The van der Waals surface area contributed by atoms with Gasteiger partial charge in [-0.1, -0.05) is 38.0 Å². The van der Waals surface area contributed by atoms with Crippen LogP contribution in [-0.4, -0.2) is 22.7 Å². The molecule has 0 atom stereocenters. The molecule has 1 fully saturated rings. The number of aliphatic hydroxyl groups excluding tert-OH is 1. The third kappa shape index (κ3) is 3.45. The fourth-order valence-electron chi connectivity index (χ4n) is 2.55. The van der Waals surface area contributed by atoms with Gasteiger partial charge < -0.3 is 10.0 Å². The Morgan fingerprint density at radius 3 is 2.72 bits per heavy atom. The quantitative estimate of drug-likeness (QED) is 0.858. The minimum absolute atomic E-state index is 0.111. The van der Waals surface area contributed by atoms with Crippen LogP contribution in [-0.2, 0) is 6.61 Å². The summed E-state index contributed by atoms with van der Waals surface area (Å²) in [6.45, 7) is 5.75. The molecule has 4 heteroatoms. The summed E-state index contributed by atoms with van der Waals surface area (Å²) in [5.74, 6) is 0.728. The maximum Gasteiger partial charge on any atom is 0.185 e. The van der Waals surface area contributed by atoms with Gasteiger partial charge in [0, 0.05) is 18.8 Å². The van der Waals surface area contributed by atoms with Crippen LogP contribution in [0.2, 0.25) is 0 Å². The van der Waals surface area contributed by atoms with E-state index in [4.69, 9.17) is 5.11 Å². The minimum atomic E-state index is 0.111. The van der Waals surface area contributed by atoms with Gasteiger partial charge in [0.1, 0.15) is 0 Å². The molecule has 1 N–H and O–H groups in total. The molecule has 2 rings (SSSR count). The van der Waals surface area contributed by atoms with Crippen molar-refractivity contribution in [1.82, 2.24) is 4.98 Å². The van der Waals surface area contributed by atoms with Crippen LogP contribution in [0, 0.1) is 5.92 Å². The Labute approximate surface area is 114 Å². The highest BCUT2D eigenvalue weighted by Gasteiger charge is 2.24. The predicted octanol–water partition coefficient (Wildman–Crippen LogP) is 3.43. The van der Waals surface area contributed by atoms with Crippen LogP contribution < -0.4 is 4.90 Å². The van der Waals surface area contributed by atoms with Crippen LogP contribution in [0.4, 0.5) is 5.13 Å². The van der Waals surface area contributed by atoms with Gasteiger partial charge in [0.05, 0.1) is 11.5 Å². The van der Waals surface area contributed by atoms with Gasteiger partial charge in [-0.25, -0.2) is 4.98 Å². The third-order valence-electron chi connectivity index (χ3n) is 3.66. The number of rotatable bonds is 6.